The maximum absolute atomic E-state index is 14.1. The maximum Gasteiger partial charge on any atom is 0.264 e. The van der Waals surface area contributed by atoms with Crippen LogP contribution in [0.4, 0.5) is 5.69 Å². The quantitative estimate of drug-likeness (QED) is 0.322. The van der Waals surface area contributed by atoms with Crippen LogP contribution >= 0.6 is 11.6 Å². The van der Waals surface area contributed by atoms with Crippen molar-refractivity contribution in [1.82, 2.24) is 10.2 Å². The summed E-state index contributed by atoms with van der Waals surface area (Å²) in [6.45, 7) is 3.02. The van der Waals surface area contributed by atoms with E-state index in [9.17, 15) is 18.0 Å². The molecule has 0 radical (unpaired) electrons. The summed E-state index contributed by atoms with van der Waals surface area (Å²) >= 11 is 6.28. The first-order valence-electron chi connectivity index (χ1n) is 13.7. The van der Waals surface area contributed by atoms with E-state index in [-0.39, 0.29) is 23.4 Å². The number of nitrogens with zero attached hydrogens (tertiary/aromatic N) is 2. The van der Waals surface area contributed by atoms with Gasteiger partial charge in [-0.05, 0) is 74.2 Å². The van der Waals surface area contributed by atoms with Crippen molar-refractivity contribution in [3.63, 3.8) is 0 Å². The van der Waals surface area contributed by atoms with E-state index in [4.69, 9.17) is 16.3 Å². The van der Waals surface area contributed by atoms with E-state index >= 15 is 0 Å². The number of sulfonamides is 1. The van der Waals surface area contributed by atoms with Crippen LogP contribution < -0.4 is 14.4 Å². The lowest BCUT2D eigenvalue weighted by molar-refractivity contribution is -0.139. The molecule has 0 aromatic heterocycles. The van der Waals surface area contributed by atoms with Crippen LogP contribution in [-0.4, -0.2) is 50.9 Å². The van der Waals surface area contributed by atoms with Crippen molar-refractivity contribution >= 4 is 39.1 Å². The Balaban J connectivity index is 1.70. The average molecular weight is 598 g/mol. The second-order valence-corrected chi connectivity index (χ2v) is 12.6. The molecule has 1 aliphatic rings. The number of rotatable bonds is 11. The molecular weight excluding hydrogens is 562 g/mol. The molecule has 0 unspecified atom stereocenters. The third-order valence-electron chi connectivity index (χ3n) is 7.43. The average Bonchev–Trinajstić information content (AvgIpc) is 3.49. The van der Waals surface area contributed by atoms with E-state index in [0.29, 0.717) is 22.0 Å². The Bertz CT molecular complexity index is 1460. The van der Waals surface area contributed by atoms with Crippen molar-refractivity contribution in [2.75, 3.05) is 18.0 Å². The zero-order valence-electron chi connectivity index (χ0n) is 23.5. The molecule has 0 heterocycles. The van der Waals surface area contributed by atoms with Crippen molar-refractivity contribution in [1.29, 1.82) is 0 Å². The van der Waals surface area contributed by atoms with Crippen LogP contribution in [0.5, 0.6) is 5.75 Å². The number of carbonyl (C=O) groups excluding carboxylic acids is 2. The summed E-state index contributed by atoms with van der Waals surface area (Å²) in [4.78, 5) is 28.9. The summed E-state index contributed by atoms with van der Waals surface area (Å²) in [7, 11) is -2.59. The summed E-state index contributed by atoms with van der Waals surface area (Å²) in [6.07, 6.45) is 3.92. The fraction of sp³-hybridized carbons (Fsp3) is 0.355. The predicted molar refractivity (Wildman–Crippen MR) is 161 cm³/mol. The van der Waals surface area contributed by atoms with E-state index < -0.39 is 28.5 Å². The lowest BCUT2D eigenvalue weighted by Gasteiger charge is -2.33. The van der Waals surface area contributed by atoms with Crippen molar-refractivity contribution in [2.24, 2.45) is 0 Å². The summed E-state index contributed by atoms with van der Waals surface area (Å²) in [5.74, 6) is -0.126. The normalized spacial score (nSPS) is 14.3. The van der Waals surface area contributed by atoms with E-state index in [1.807, 2.05) is 12.1 Å². The Labute approximate surface area is 247 Å². The number of methoxy groups -OCH3 is 1. The number of halogens is 1. The molecule has 0 spiro atoms. The molecule has 10 heteroatoms. The molecule has 0 bridgehead atoms. The Morgan fingerprint density at radius 1 is 1.02 bits per heavy atom. The summed E-state index contributed by atoms with van der Waals surface area (Å²) in [6, 6.07) is 19.3. The van der Waals surface area contributed by atoms with Gasteiger partial charge in [0.25, 0.3) is 10.0 Å². The van der Waals surface area contributed by atoms with Gasteiger partial charge >= 0.3 is 0 Å². The van der Waals surface area contributed by atoms with Gasteiger partial charge in [-0.15, -0.1) is 0 Å². The number of nitrogens with one attached hydrogen (secondary N) is 1. The number of carbonyl (C=O) groups is 2. The minimum absolute atomic E-state index is 0.0425. The number of aryl methyl sites for hydroxylation is 1. The van der Waals surface area contributed by atoms with E-state index in [1.165, 1.54) is 23.1 Å². The minimum atomic E-state index is -4.16. The predicted octanol–water partition coefficient (Wildman–Crippen LogP) is 5.33. The van der Waals surface area contributed by atoms with Gasteiger partial charge in [-0.3, -0.25) is 13.9 Å². The van der Waals surface area contributed by atoms with Crippen LogP contribution in [-0.2, 0) is 26.2 Å². The van der Waals surface area contributed by atoms with Gasteiger partial charge in [-0.25, -0.2) is 8.42 Å². The van der Waals surface area contributed by atoms with Crippen LogP contribution in [0.15, 0.2) is 77.7 Å². The third-order valence-corrected chi connectivity index (χ3v) is 9.44. The fourth-order valence-electron chi connectivity index (χ4n) is 4.99. The standard InChI is InChI=1S/C31H36ClN3O5S/c1-22-13-16-25(32)19-29(22)35(41(38,39)28-11-5-4-6-12-28)21-30(36)34(20-24-14-17-27(40-3)18-15-24)23(2)31(37)33-26-9-7-8-10-26/h4-6,11-19,23,26H,7-10,20-21H2,1-3H3,(H,33,37)/t23-/m1/s1. The fourth-order valence-corrected chi connectivity index (χ4v) is 6.64. The highest BCUT2D eigenvalue weighted by molar-refractivity contribution is 7.92. The highest BCUT2D eigenvalue weighted by Crippen LogP contribution is 2.30. The van der Waals surface area contributed by atoms with Crippen LogP contribution in [0.25, 0.3) is 0 Å². The molecule has 3 aromatic rings. The van der Waals surface area contributed by atoms with Gasteiger partial charge in [0, 0.05) is 17.6 Å². The molecule has 1 N–H and O–H groups in total. The molecule has 2 amide bonds. The van der Waals surface area contributed by atoms with Crippen LogP contribution in [0.3, 0.4) is 0 Å². The molecule has 8 nitrogen and oxygen atoms in total. The molecule has 1 saturated carbocycles. The molecule has 0 aliphatic heterocycles. The topological polar surface area (TPSA) is 96.0 Å². The molecule has 218 valence electrons. The van der Waals surface area contributed by atoms with Gasteiger partial charge in [0.15, 0.2) is 0 Å². The monoisotopic (exact) mass is 597 g/mol. The first-order chi connectivity index (χ1) is 19.6. The summed E-state index contributed by atoms with van der Waals surface area (Å²) < 4.78 is 34.2. The highest BCUT2D eigenvalue weighted by atomic mass is 35.5. The van der Waals surface area contributed by atoms with Crippen LogP contribution in [0.2, 0.25) is 5.02 Å². The zero-order valence-corrected chi connectivity index (χ0v) is 25.1. The van der Waals surface area contributed by atoms with E-state index in [0.717, 1.165) is 35.6 Å². The lowest BCUT2D eigenvalue weighted by atomic mass is 10.1. The molecule has 1 fully saturated rings. The Morgan fingerprint density at radius 3 is 2.32 bits per heavy atom. The smallest absolute Gasteiger partial charge is 0.264 e. The van der Waals surface area contributed by atoms with Gasteiger partial charge in [0.05, 0.1) is 17.7 Å². The van der Waals surface area contributed by atoms with Gasteiger partial charge in [0.1, 0.15) is 18.3 Å². The largest absolute Gasteiger partial charge is 0.497 e. The number of anilines is 1. The Hall–Kier alpha value is -3.56. The molecule has 0 saturated heterocycles. The van der Waals surface area contributed by atoms with Crippen molar-refractivity contribution in [3.05, 3.63) is 88.9 Å². The first-order valence-corrected chi connectivity index (χ1v) is 15.5. The number of benzene rings is 3. The third kappa shape index (κ3) is 7.40. The zero-order chi connectivity index (χ0) is 29.6. The summed E-state index contributed by atoms with van der Waals surface area (Å²) in [5, 5.41) is 3.41. The van der Waals surface area contributed by atoms with Crippen molar-refractivity contribution in [2.45, 2.75) is 63.1 Å². The lowest BCUT2D eigenvalue weighted by Crippen LogP contribution is -2.52. The van der Waals surface area contributed by atoms with Crippen molar-refractivity contribution < 1.29 is 22.7 Å². The van der Waals surface area contributed by atoms with Gasteiger partial charge < -0.3 is 15.0 Å². The van der Waals surface area contributed by atoms with Crippen LogP contribution in [0.1, 0.15) is 43.7 Å². The molecule has 1 aliphatic carbocycles. The van der Waals surface area contributed by atoms with Gasteiger partial charge in [-0.1, -0.05) is 60.8 Å². The molecule has 4 rings (SSSR count). The molecule has 3 aromatic carbocycles. The number of ether oxygens (including phenoxy) is 1. The van der Waals surface area contributed by atoms with Crippen molar-refractivity contribution in [3.8, 4) is 5.75 Å². The van der Waals surface area contributed by atoms with Crippen LogP contribution in [0, 0.1) is 6.92 Å². The number of hydrogen-bond donors (Lipinski definition) is 1. The molecule has 1 atom stereocenters. The van der Waals surface area contributed by atoms with Gasteiger partial charge in [0.2, 0.25) is 11.8 Å². The first kappa shape index (κ1) is 30.4. The highest BCUT2D eigenvalue weighted by Gasteiger charge is 2.34. The second kappa shape index (κ2) is 13.4. The minimum Gasteiger partial charge on any atom is -0.497 e. The Morgan fingerprint density at radius 2 is 1.68 bits per heavy atom. The molecular formula is C31H36ClN3O5S. The van der Waals surface area contributed by atoms with Gasteiger partial charge in [-0.2, -0.15) is 0 Å². The number of hydrogen-bond acceptors (Lipinski definition) is 5. The van der Waals surface area contributed by atoms with E-state index in [1.54, 1.807) is 63.4 Å². The maximum atomic E-state index is 14.1. The number of amides is 2. The molecule has 41 heavy (non-hydrogen) atoms. The second-order valence-electron chi connectivity index (χ2n) is 10.3. The SMILES string of the molecule is COc1ccc(CN(C(=O)CN(c2cc(Cl)ccc2C)S(=O)(=O)c2ccccc2)[C@H](C)C(=O)NC2CCCC2)cc1. The van der Waals surface area contributed by atoms with E-state index in [2.05, 4.69) is 5.32 Å². The summed E-state index contributed by atoms with van der Waals surface area (Å²) in [5.41, 5.74) is 1.70. The Kier molecular flexibility index (Phi) is 9.94.